The van der Waals surface area contributed by atoms with Crippen LogP contribution in [0.2, 0.25) is 0 Å². The molecule has 104 valence electrons. The summed E-state index contributed by atoms with van der Waals surface area (Å²) in [5.41, 5.74) is 6.90. The van der Waals surface area contributed by atoms with Crippen molar-refractivity contribution in [2.75, 3.05) is 6.54 Å². The third-order valence-corrected chi connectivity index (χ3v) is 3.67. The van der Waals surface area contributed by atoms with Gasteiger partial charge in [-0.3, -0.25) is 9.78 Å². The monoisotopic (exact) mass is 263 g/mol. The van der Waals surface area contributed by atoms with Crippen LogP contribution in [-0.4, -0.2) is 34.7 Å². The van der Waals surface area contributed by atoms with Crippen LogP contribution in [0.25, 0.3) is 0 Å². The number of rotatable bonds is 4. The lowest BCUT2D eigenvalue weighted by atomic mass is 9.83. The van der Waals surface area contributed by atoms with Crippen LogP contribution >= 0.6 is 0 Å². The SMILES string of the molecule is N[C@@H]1C[C@@H](C(=O)NCCc2cccnc2)CC[C@H]1O. The third-order valence-electron chi connectivity index (χ3n) is 3.67. The minimum Gasteiger partial charge on any atom is -0.392 e. The van der Waals surface area contributed by atoms with Crippen LogP contribution in [0.5, 0.6) is 0 Å². The van der Waals surface area contributed by atoms with Crippen LogP contribution in [-0.2, 0) is 11.2 Å². The van der Waals surface area contributed by atoms with Crippen molar-refractivity contribution in [3.8, 4) is 0 Å². The molecule has 1 aromatic heterocycles. The molecular weight excluding hydrogens is 242 g/mol. The van der Waals surface area contributed by atoms with Gasteiger partial charge < -0.3 is 16.2 Å². The van der Waals surface area contributed by atoms with Gasteiger partial charge in [-0.2, -0.15) is 0 Å². The molecule has 0 aromatic carbocycles. The van der Waals surface area contributed by atoms with Crippen LogP contribution in [0.15, 0.2) is 24.5 Å². The molecule has 1 amide bonds. The molecule has 5 heteroatoms. The van der Waals surface area contributed by atoms with Gasteiger partial charge in [0.1, 0.15) is 0 Å². The number of aliphatic hydroxyl groups excluding tert-OH is 1. The third kappa shape index (κ3) is 4.01. The van der Waals surface area contributed by atoms with Crippen LogP contribution < -0.4 is 11.1 Å². The number of carbonyl (C=O) groups is 1. The van der Waals surface area contributed by atoms with Crippen molar-refractivity contribution in [3.63, 3.8) is 0 Å². The van der Waals surface area contributed by atoms with Gasteiger partial charge in [0.15, 0.2) is 0 Å². The van der Waals surface area contributed by atoms with E-state index in [4.69, 9.17) is 5.73 Å². The molecule has 2 rings (SSSR count). The highest BCUT2D eigenvalue weighted by Gasteiger charge is 2.30. The van der Waals surface area contributed by atoms with E-state index in [0.717, 1.165) is 12.0 Å². The predicted molar refractivity (Wildman–Crippen MR) is 72.3 cm³/mol. The second-order valence-corrected chi connectivity index (χ2v) is 5.14. The van der Waals surface area contributed by atoms with Gasteiger partial charge in [-0.15, -0.1) is 0 Å². The first-order chi connectivity index (χ1) is 9.16. The summed E-state index contributed by atoms with van der Waals surface area (Å²) in [6, 6.07) is 3.60. The Morgan fingerprint density at radius 3 is 3.05 bits per heavy atom. The number of pyridine rings is 1. The van der Waals surface area contributed by atoms with E-state index in [9.17, 15) is 9.90 Å². The van der Waals surface area contributed by atoms with Gasteiger partial charge in [0.05, 0.1) is 6.10 Å². The predicted octanol–water partition coefficient (Wildman–Crippen LogP) is 0.229. The Morgan fingerprint density at radius 2 is 2.37 bits per heavy atom. The number of nitrogens with zero attached hydrogens (tertiary/aromatic N) is 1. The molecule has 1 heterocycles. The van der Waals surface area contributed by atoms with Crippen LogP contribution in [0, 0.1) is 5.92 Å². The Bertz CT molecular complexity index is 410. The zero-order valence-electron chi connectivity index (χ0n) is 11.0. The standard InChI is InChI=1S/C14H21N3O2/c15-12-8-11(3-4-13(12)18)14(19)17-7-5-10-2-1-6-16-9-10/h1-2,6,9,11-13,18H,3-5,7-8,15H2,(H,17,19)/t11-,12+,13+/m0/s1. The molecule has 1 aliphatic rings. The van der Waals surface area contributed by atoms with Gasteiger partial charge >= 0.3 is 0 Å². The fourth-order valence-corrected chi connectivity index (χ4v) is 2.45. The maximum Gasteiger partial charge on any atom is 0.223 e. The number of carbonyl (C=O) groups excluding carboxylic acids is 1. The lowest BCUT2D eigenvalue weighted by Crippen LogP contribution is -2.45. The maximum atomic E-state index is 12.0. The van der Waals surface area contributed by atoms with Crippen molar-refractivity contribution in [1.29, 1.82) is 0 Å². The second kappa shape index (κ2) is 6.63. The van der Waals surface area contributed by atoms with Crippen molar-refractivity contribution < 1.29 is 9.90 Å². The molecule has 0 aliphatic heterocycles. The molecular formula is C14H21N3O2. The Morgan fingerprint density at radius 1 is 1.53 bits per heavy atom. The summed E-state index contributed by atoms with van der Waals surface area (Å²) in [6.07, 6.45) is 5.76. The smallest absolute Gasteiger partial charge is 0.223 e. The van der Waals surface area contributed by atoms with Crippen molar-refractivity contribution in [1.82, 2.24) is 10.3 Å². The molecule has 0 unspecified atom stereocenters. The highest BCUT2D eigenvalue weighted by atomic mass is 16.3. The maximum absolute atomic E-state index is 12.0. The highest BCUT2D eigenvalue weighted by molar-refractivity contribution is 5.78. The van der Waals surface area contributed by atoms with Gasteiger partial charge in [0, 0.05) is 30.9 Å². The molecule has 1 fully saturated rings. The lowest BCUT2D eigenvalue weighted by Gasteiger charge is -2.30. The zero-order chi connectivity index (χ0) is 13.7. The van der Waals surface area contributed by atoms with Gasteiger partial charge in [-0.25, -0.2) is 0 Å². The zero-order valence-corrected chi connectivity index (χ0v) is 11.0. The van der Waals surface area contributed by atoms with Crippen LogP contribution in [0.1, 0.15) is 24.8 Å². The molecule has 1 aliphatic carbocycles. The van der Waals surface area contributed by atoms with Gasteiger partial charge in [0.25, 0.3) is 0 Å². The lowest BCUT2D eigenvalue weighted by molar-refractivity contribution is -0.126. The van der Waals surface area contributed by atoms with Crippen molar-refractivity contribution >= 4 is 5.91 Å². The number of nitrogens with two attached hydrogens (primary N) is 1. The summed E-state index contributed by atoms with van der Waals surface area (Å²) in [6.45, 7) is 0.610. The first-order valence-corrected chi connectivity index (χ1v) is 6.77. The van der Waals surface area contributed by atoms with Gasteiger partial charge in [0.2, 0.25) is 5.91 Å². The topological polar surface area (TPSA) is 88.2 Å². The summed E-state index contributed by atoms with van der Waals surface area (Å²) in [7, 11) is 0. The highest BCUT2D eigenvalue weighted by Crippen LogP contribution is 2.23. The Hall–Kier alpha value is -1.46. The number of hydrogen-bond donors (Lipinski definition) is 3. The molecule has 0 saturated heterocycles. The Labute approximate surface area is 113 Å². The van der Waals surface area contributed by atoms with Crippen molar-refractivity contribution in [2.24, 2.45) is 11.7 Å². The van der Waals surface area contributed by atoms with Crippen molar-refractivity contribution in [2.45, 2.75) is 37.8 Å². The van der Waals surface area contributed by atoms with Crippen molar-refractivity contribution in [3.05, 3.63) is 30.1 Å². The normalized spacial score (nSPS) is 26.9. The summed E-state index contributed by atoms with van der Waals surface area (Å²) < 4.78 is 0. The number of aliphatic hydroxyl groups is 1. The average Bonchev–Trinajstić information content (AvgIpc) is 2.43. The van der Waals surface area contributed by atoms with E-state index >= 15 is 0 Å². The molecule has 5 nitrogen and oxygen atoms in total. The molecule has 0 radical (unpaired) electrons. The Balaban J connectivity index is 1.73. The molecule has 1 saturated carbocycles. The first kappa shape index (κ1) is 14.0. The number of aromatic nitrogens is 1. The molecule has 1 aromatic rings. The number of hydrogen-bond acceptors (Lipinski definition) is 4. The van der Waals surface area contributed by atoms with Crippen LogP contribution in [0.3, 0.4) is 0 Å². The van der Waals surface area contributed by atoms with E-state index in [-0.39, 0.29) is 17.9 Å². The van der Waals surface area contributed by atoms with Crippen LogP contribution in [0.4, 0.5) is 0 Å². The fraction of sp³-hybridized carbons (Fsp3) is 0.571. The molecule has 19 heavy (non-hydrogen) atoms. The minimum absolute atomic E-state index is 0.0474. The number of nitrogens with one attached hydrogen (secondary N) is 1. The largest absolute Gasteiger partial charge is 0.392 e. The van der Waals surface area contributed by atoms with E-state index in [2.05, 4.69) is 10.3 Å². The van der Waals surface area contributed by atoms with Gasteiger partial charge in [-0.05, 0) is 37.3 Å². The Kier molecular flexibility index (Phi) is 4.87. The van der Waals surface area contributed by atoms with Gasteiger partial charge in [-0.1, -0.05) is 6.07 Å². The minimum atomic E-state index is -0.459. The summed E-state index contributed by atoms with van der Waals surface area (Å²) >= 11 is 0. The first-order valence-electron chi connectivity index (χ1n) is 6.77. The molecule has 3 atom stereocenters. The molecule has 4 N–H and O–H groups in total. The van der Waals surface area contributed by atoms with E-state index in [0.29, 0.717) is 25.8 Å². The van der Waals surface area contributed by atoms with E-state index < -0.39 is 6.10 Å². The summed E-state index contributed by atoms with van der Waals surface area (Å²) in [4.78, 5) is 16.0. The quantitative estimate of drug-likeness (QED) is 0.725. The summed E-state index contributed by atoms with van der Waals surface area (Å²) in [5, 5.41) is 12.5. The number of amides is 1. The molecule has 0 bridgehead atoms. The van der Waals surface area contributed by atoms with E-state index in [1.165, 1.54) is 0 Å². The second-order valence-electron chi connectivity index (χ2n) is 5.14. The molecule has 0 spiro atoms. The fourth-order valence-electron chi connectivity index (χ4n) is 2.45. The van der Waals surface area contributed by atoms with E-state index in [1.807, 2.05) is 12.1 Å². The van der Waals surface area contributed by atoms with E-state index in [1.54, 1.807) is 12.4 Å². The average molecular weight is 263 g/mol. The summed E-state index contributed by atoms with van der Waals surface area (Å²) in [5.74, 6) is -0.0152.